The van der Waals surface area contributed by atoms with Crippen LogP contribution >= 0.6 is 11.3 Å². The fourth-order valence-electron chi connectivity index (χ4n) is 5.10. The third kappa shape index (κ3) is 2.43. The maximum absolute atomic E-state index is 11.9. The smallest absolute Gasteiger partial charge is 0.159 e. The van der Waals surface area contributed by atoms with Gasteiger partial charge in [0.2, 0.25) is 0 Å². The molecule has 2 nitrogen and oxygen atoms in total. The van der Waals surface area contributed by atoms with E-state index in [1.54, 1.807) is 14.0 Å². The van der Waals surface area contributed by atoms with Gasteiger partial charge in [0.1, 0.15) is 5.75 Å². The predicted octanol–water partition coefficient (Wildman–Crippen LogP) is 7.35. The molecule has 0 unspecified atom stereocenters. The second-order valence-electron chi connectivity index (χ2n) is 7.96. The van der Waals surface area contributed by atoms with Crippen LogP contribution in [0.5, 0.6) is 5.75 Å². The van der Waals surface area contributed by atoms with Gasteiger partial charge in [0.05, 0.1) is 7.11 Å². The Morgan fingerprint density at radius 1 is 0.897 bits per heavy atom. The molecule has 1 aliphatic carbocycles. The summed E-state index contributed by atoms with van der Waals surface area (Å²) in [6.45, 7) is 6.20. The molecule has 1 aliphatic rings. The average Bonchev–Trinajstić information content (AvgIpc) is 3.23. The number of rotatable bonds is 4. The van der Waals surface area contributed by atoms with Gasteiger partial charge in [-0.25, -0.2) is 0 Å². The van der Waals surface area contributed by atoms with Gasteiger partial charge in [-0.2, -0.15) is 0 Å². The summed E-state index contributed by atoms with van der Waals surface area (Å²) in [5, 5.41) is 2.45. The van der Waals surface area contributed by atoms with Crippen molar-refractivity contribution in [3.63, 3.8) is 0 Å². The van der Waals surface area contributed by atoms with Crippen LogP contribution in [0.1, 0.15) is 55.1 Å². The number of carbonyl (C=O) groups is 1. The lowest BCUT2D eigenvalue weighted by Gasteiger charge is -2.30. The van der Waals surface area contributed by atoms with E-state index < -0.39 is 0 Å². The Kier molecular flexibility index (Phi) is 4.08. The first-order chi connectivity index (χ1) is 14.0. The van der Waals surface area contributed by atoms with Crippen LogP contribution in [0.4, 0.5) is 0 Å². The van der Waals surface area contributed by atoms with Gasteiger partial charge >= 0.3 is 0 Å². The van der Waals surface area contributed by atoms with Crippen molar-refractivity contribution in [3.05, 3.63) is 65.2 Å². The summed E-state index contributed by atoms with van der Waals surface area (Å²) >= 11 is 1.81. The van der Waals surface area contributed by atoms with Gasteiger partial charge in [-0.05, 0) is 84.5 Å². The standard InChI is InChI=1S/C26H24O2S/c1-5-26(6-2)22-12-17(28-4)8-9-18(22)19-14-25-21(13-23(19)26)20-11-16(15(3)27)7-10-24(20)29-25/h7-14H,5-6H2,1-4H3. The molecule has 4 aromatic rings. The second kappa shape index (κ2) is 6.43. The van der Waals surface area contributed by atoms with Crippen LogP contribution in [0, 0.1) is 0 Å². The Hall–Kier alpha value is -2.65. The number of hydrogen-bond donors (Lipinski definition) is 0. The molecular weight excluding hydrogens is 376 g/mol. The van der Waals surface area contributed by atoms with Crippen molar-refractivity contribution in [2.75, 3.05) is 7.11 Å². The van der Waals surface area contributed by atoms with E-state index in [-0.39, 0.29) is 11.2 Å². The van der Waals surface area contributed by atoms with Crippen molar-refractivity contribution in [1.82, 2.24) is 0 Å². The van der Waals surface area contributed by atoms with Crippen molar-refractivity contribution in [1.29, 1.82) is 0 Å². The van der Waals surface area contributed by atoms with Crippen LogP contribution in [0.25, 0.3) is 31.3 Å². The molecule has 0 N–H and O–H groups in total. The molecule has 146 valence electrons. The number of benzene rings is 3. The SMILES string of the molecule is CCC1(CC)c2cc(OC)ccc2-c2cc3sc4ccc(C(C)=O)cc4c3cc21. The Bertz CT molecular complexity index is 1290. The number of fused-ring (bicyclic) bond motifs is 6. The summed E-state index contributed by atoms with van der Waals surface area (Å²) in [6.07, 6.45) is 2.09. The zero-order chi connectivity index (χ0) is 20.3. The van der Waals surface area contributed by atoms with Crippen LogP contribution in [0.3, 0.4) is 0 Å². The topological polar surface area (TPSA) is 26.3 Å². The van der Waals surface area contributed by atoms with E-state index in [1.807, 2.05) is 17.4 Å². The quantitative estimate of drug-likeness (QED) is 0.335. The van der Waals surface area contributed by atoms with E-state index in [2.05, 4.69) is 56.3 Å². The molecule has 1 heterocycles. The largest absolute Gasteiger partial charge is 0.497 e. The number of hydrogen-bond acceptors (Lipinski definition) is 3. The molecule has 0 aliphatic heterocycles. The summed E-state index contributed by atoms with van der Waals surface area (Å²) in [7, 11) is 1.73. The molecule has 29 heavy (non-hydrogen) atoms. The van der Waals surface area contributed by atoms with E-state index in [4.69, 9.17) is 4.74 Å². The van der Waals surface area contributed by atoms with Crippen molar-refractivity contribution >= 4 is 37.3 Å². The minimum Gasteiger partial charge on any atom is -0.497 e. The van der Waals surface area contributed by atoms with Gasteiger partial charge in [0.25, 0.3) is 0 Å². The number of ketones is 1. The van der Waals surface area contributed by atoms with Crippen molar-refractivity contribution < 1.29 is 9.53 Å². The molecule has 0 radical (unpaired) electrons. The van der Waals surface area contributed by atoms with Crippen LogP contribution in [0.2, 0.25) is 0 Å². The zero-order valence-corrected chi connectivity index (χ0v) is 18.1. The number of thiophene rings is 1. The minimum absolute atomic E-state index is 0.000156. The number of Topliss-reactive ketones (excluding diaryl/α,β-unsaturated/α-hetero) is 1. The van der Waals surface area contributed by atoms with Crippen LogP contribution in [-0.4, -0.2) is 12.9 Å². The van der Waals surface area contributed by atoms with E-state index in [0.717, 1.165) is 24.2 Å². The molecule has 0 fully saturated rings. The molecule has 3 aromatic carbocycles. The normalized spacial score (nSPS) is 14.2. The first-order valence-electron chi connectivity index (χ1n) is 10.2. The molecule has 0 saturated carbocycles. The fourth-order valence-corrected chi connectivity index (χ4v) is 6.21. The lowest BCUT2D eigenvalue weighted by atomic mass is 9.73. The van der Waals surface area contributed by atoms with Gasteiger partial charge in [0, 0.05) is 31.2 Å². The van der Waals surface area contributed by atoms with Crippen LogP contribution in [-0.2, 0) is 5.41 Å². The number of carbonyl (C=O) groups excluding carboxylic acids is 1. The second-order valence-corrected chi connectivity index (χ2v) is 9.05. The average molecular weight is 401 g/mol. The summed E-state index contributed by atoms with van der Waals surface area (Å²) in [4.78, 5) is 11.9. The highest BCUT2D eigenvalue weighted by atomic mass is 32.1. The molecule has 0 amide bonds. The molecule has 0 saturated heterocycles. The van der Waals surface area contributed by atoms with Gasteiger partial charge in [-0.3, -0.25) is 4.79 Å². The van der Waals surface area contributed by atoms with E-state index >= 15 is 0 Å². The first-order valence-corrected chi connectivity index (χ1v) is 11.0. The molecule has 0 spiro atoms. The van der Waals surface area contributed by atoms with Crippen molar-refractivity contribution in [2.45, 2.75) is 39.0 Å². The highest BCUT2D eigenvalue weighted by molar-refractivity contribution is 7.25. The van der Waals surface area contributed by atoms with E-state index in [0.29, 0.717) is 0 Å². The van der Waals surface area contributed by atoms with Gasteiger partial charge < -0.3 is 4.74 Å². The summed E-state index contributed by atoms with van der Waals surface area (Å²) < 4.78 is 8.07. The molecule has 0 atom stereocenters. The molecule has 5 rings (SSSR count). The maximum Gasteiger partial charge on any atom is 0.159 e. The summed E-state index contributed by atoms with van der Waals surface area (Å²) in [5.41, 5.74) is 6.24. The van der Waals surface area contributed by atoms with Gasteiger partial charge in [-0.1, -0.05) is 19.9 Å². The van der Waals surface area contributed by atoms with Gasteiger partial charge in [-0.15, -0.1) is 11.3 Å². The fraction of sp³-hybridized carbons (Fsp3) is 0.269. The number of methoxy groups -OCH3 is 1. The Labute approximate surface area is 175 Å². The lowest BCUT2D eigenvalue weighted by molar-refractivity contribution is 0.101. The third-order valence-corrected chi connectivity index (χ3v) is 7.90. The zero-order valence-electron chi connectivity index (χ0n) is 17.3. The Morgan fingerprint density at radius 3 is 2.31 bits per heavy atom. The minimum atomic E-state index is -0.000156. The summed E-state index contributed by atoms with van der Waals surface area (Å²) in [5.74, 6) is 1.03. The summed E-state index contributed by atoms with van der Waals surface area (Å²) in [6, 6.07) is 17.4. The number of ether oxygens (including phenoxy) is 1. The predicted molar refractivity (Wildman–Crippen MR) is 123 cm³/mol. The molecule has 1 aromatic heterocycles. The van der Waals surface area contributed by atoms with Gasteiger partial charge in [0.15, 0.2) is 5.78 Å². The van der Waals surface area contributed by atoms with Crippen molar-refractivity contribution in [3.8, 4) is 16.9 Å². The van der Waals surface area contributed by atoms with Crippen molar-refractivity contribution in [2.24, 2.45) is 0 Å². The molecule has 0 bridgehead atoms. The Morgan fingerprint density at radius 2 is 1.62 bits per heavy atom. The van der Waals surface area contributed by atoms with Crippen LogP contribution in [0.15, 0.2) is 48.5 Å². The van der Waals surface area contributed by atoms with Crippen LogP contribution < -0.4 is 4.74 Å². The first kappa shape index (κ1) is 18.4. The molecule has 3 heteroatoms. The highest BCUT2D eigenvalue weighted by Crippen LogP contribution is 2.55. The lowest BCUT2D eigenvalue weighted by Crippen LogP contribution is -2.23. The monoisotopic (exact) mass is 400 g/mol. The maximum atomic E-state index is 11.9. The Balaban J connectivity index is 1.85. The third-order valence-electron chi connectivity index (χ3n) is 6.77. The van der Waals surface area contributed by atoms with E-state index in [1.165, 1.54) is 42.4 Å². The molecular formula is C26H24O2S. The van der Waals surface area contributed by atoms with E-state index in [9.17, 15) is 4.79 Å². The highest BCUT2D eigenvalue weighted by Gasteiger charge is 2.41.